The van der Waals surface area contributed by atoms with Crippen molar-refractivity contribution >= 4 is 0 Å². The van der Waals surface area contributed by atoms with Crippen LogP contribution in [0.5, 0.6) is 5.75 Å². The maximum atomic E-state index is 12.3. The first-order valence-electron chi connectivity index (χ1n) is 7.18. The van der Waals surface area contributed by atoms with Crippen LogP contribution in [0.15, 0.2) is 24.3 Å². The van der Waals surface area contributed by atoms with E-state index in [9.17, 15) is 18.3 Å². The van der Waals surface area contributed by atoms with Crippen molar-refractivity contribution in [2.75, 3.05) is 0 Å². The van der Waals surface area contributed by atoms with E-state index in [2.05, 4.69) is 18.6 Å². The van der Waals surface area contributed by atoms with E-state index in [-0.39, 0.29) is 11.2 Å². The molecule has 118 valence electrons. The van der Waals surface area contributed by atoms with Crippen molar-refractivity contribution in [2.24, 2.45) is 5.41 Å². The molecule has 0 radical (unpaired) electrons. The van der Waals surface area contributed by atoms with E-state index in [0.29, 0.717) is 18.4 Å². The summed E-state index contributed by atoms with van der Waals surface area (Å²) in [6, 6.07) is 5.71. The Bertz CT molecular complexity index is 497. The van der Waals surface area contributed by atoms with Crippen LogP contribution < -0.4 is 4.74 Å². The van der Waals surface area contributed by atoms with Crippen LogP contribution in [0.3, 0.4) is 0 Å². The van der Waals surface area contributed by atoms with E-state index in [0.717, 1.165) is 19.3 Å². The van der Waals surface area contributed by atoms with Crippen LogP contribution in [-0.4, -0.2) is 11.5 Å². The number of alkyl halides is 3. The number of aliphatic hydroxyl groups is 1. The van der Waals surface area contributed by atoms with E-state index in [4.69, 9.17) is 0 Å². The van der Waals surface area contributed by atoms with Gasteiger partial charge in [0.15, 0.2) is 0 Å². The zero-order chi connectivity index (χ0) is 15.7. The lowest BCUT2D eigenvalue weighted by atomic mass is 9.82. The number of halogens is 3. The monoisotopic (exact) mass is 302 g/mol. The first-order chi connectivity index (χ1) is 9.60. The number of hydrogen-bond acceptors (Lipinski definition) is 2. The second-order valence-electron chi connectivity index (χ2n) is 6.62. The van der Waals surface area contributed by atoms with Crippen molar-refractivity contribution in [3.05, 3.63) is 29.8 Å². The summed E-state index contributed by atoms with van der Waals surface area (Å²) in [6.07, 6.45) is -0.899. The fourth-order valence-electron chi connectivity index (χ4n) is 2.93. The summed E-state index contributed by atoms with van der Waals surface area (Å²) >= 11 is 0. The van der Waals surface area contributed by atoms with Gasteiger partial charge in [-0.2, -0.15) is 0 Å². The van der Waals surface area contributed by atoms with Crippen LogP contribution in [0.25, 0.3) is 0 Å². The third-order valence-electron chi connectivity index (χ3n) is 4.26. The minimum atomic E-state index is -4.72. The fraction of sp³-hybridized carbons (Fsp3) is 0.625. The van der Waals surface area contributed by atoms with E-state index < -0.39 is 12.0 Å². The lowest BCUT2D eigenvalue weighted by molar-refractivity contribution is -0.274. The molecule has 1 aromatic rings. The highest BCUT2D eigenvalue weighted by molar-refractivity contribution is 5.32. The molecule has 1 unspecified atom stereocenters. The standard InChI is InChI=1S/C16H21F3O2/c1-14(2)7-4-8-15(20,10-9-14)12-5-3-6-13(11-12)21-16(17,18)19/h3,5-6,11,20H,4,7-10H2,1-2H3. The first-order valence-corrected chi connectivity index (χ1v) is 7.18. The van der Waals surface area contributed by atoms with Crippen molar-refractivity contribution in [3.8, 4) is 5.75 Å². The van der Waals surface area contributed by atoms with Crippen molar-refractivity contribution < 1.29 is 23.0 Å². The molecule has 1 saturated carbocycles. The average molecular weight is 302 g/mol. The zero-order valence-corrected chi connectivity index (χ0v) is 12.3. The molecule has 2 nitrogen and oxygen atoms in total. The van der Waals surface area contributed by atoms with Gasteiger partial charge in [-0.3, -0.25) is 0 Å². The molecule has 0 amide bonds. The molecule has 1 N–H and O–H groups in total. The molecule has 0 spiro atoms. The molecular formula is C16H21F3O2. The van der Waals surface area contributed by atoms with Crippen LogP contribution in [0.2, 0.25) is 0 Å². The molecule has 1 aromatic carbocycles. The van der Waals surface area contributed by atoms with Gasteiger partial charge in [0.05, 0.1) is 5.60 Å². The number of benzene rings is 1. The molecule has 1 aliphatic carbocycles. The summed E-state index contributed by atoms with van der Waals surface area (Å²) in [7, 11) is 0. The molecule has 1 fully saturated rings. The molecule has 5 heteroatoms. The first kappa shape index (κ1) is 16.1. The van der Waals surface area contributed by atoms with Gasteiger partial charge in [0.25, 0.3) is 0 Å². The van der Waals surface area contributed by atoms with E-state index in [1.807, 2.05) is 0 Å². The van der Waals surface area contributed by atoms with E-state index in [1.54, 1.807) is 6.07 Å². The lowest BCUT2D eigenvalue weighted by Gasteiger charge is -2.29. The van der Waals surface area contributed by atoms with E-state index >= 15 is 0 Å². The van der Waals surface area contributed by atoms with Crippen molar-refractivity contribution in [1.82, 2.24) is 0 Å². The Morgan fingerprint density at radius 2 is 1.81 bits per heavy atom. The van der Waals surface area contributed by atoms with Gasteiger partial charge >= 0.3 is 6.36 Å². The zero-order valence-electron chi connectivity index (χ0n) is 12.3. The molecule has 0 saturated heterocycles. The second-order valence-corrected chi connectivity index (χ2v) is 6.62. The predicted molar refractivity (Wildman–Crippen MR) is 73.9 cm³/mol. The second kappa shape index (κ2) is 5.52. The minimum absolute atomic E-state index is 0.157. The smallest absolute Gasteiger partial charge is 0.406 e. The summed E-state index contributed by atoms with van der Waals surface area (Å²) in [5.41, 5.74) is -0.412. The topological polar surface area (TPSA) is 29.5 Å². The van der Waals surface area contributed by atoms with Crippen LogP contribution in [0.1, 0.15) is 51.5 Å². The van der Waals surface area contributed by atoms with E-state index in [1.165, 1.54) is 18.2 Å². The molecule has 2 rings (SSSR count). The molecule has 21 heavy (non-hydrogen) atoms. The third-order valence-corrected chi connectivity index (χ3v) is 4.26. The van der Waals surface area contributed by atoms with Gasteiger partial charge in [-0.25, -0.2) is 0 Å². The Hall–Kier alpha value is -1.23. The van der Waals surface area contributed by atoms with Crippen LogP contribution in [0, 0.1) is 5.41 Å². The highest BCUT2D eigenvalue weighted by Crippen LogP contribution is 2.43. The summed E-state index contributed by atoms with van der Waals surface area (Å²) < 4.78 is 40.8. The molecule has 0 aromatic heterocycles. The third kappa shape index (κ3) is 4.37. The molecule has 0 bridgehead atoms. The maximum absolute atomic E-state index is 12.3. The van der Waals surface area contributed by atoms with Crippen LogP contribution in [0.4, 0.5) is 13.2 Å². The van der Waals surface area contributed by atoms with Gasteiger partial charge in [-0.15, -0.1) is 13.2 Å². The lowest BCUT2D eigenvalue weighted by Crippen LogP contribution is -2.25. The minimum Gasteiger partial charge on any atom is -0.406 e. The van der Waals surface area contributed by atoms with Gasteiger partial charge in [0, 0.05) is 0 Å². The molecule has 1 aliphatic rings. The maximum Gasteiger partial charge on any atom is 0.573 e. The molecule has 0 aliphatic heterocycles. The van der Waals surface area contributed by atoms with Gasteiger partial charge in [0.2, 0.25) is 0 Å². The van der Waals surface area contributed by atoms with Crippen molar-refractivity contribution in [2.45, 2.75) is 57.9 Å². The Balaban J connectivity index is 2.22. The van der Waals surface area contributed by atoms with Crippen molar-refractivity contribution in [3.63, 3.8) is 0 Å². The number of ether oxygens (including phenoxy) is 1. The molecule has 0 heterocycles. The summed E-state index contributed by atoms with van der Waals surface area (Å²) in [4.78, 5) is 0. The van der Waals surface area contributed by atoms with Crippen LogP contribution >= 0.6 is 0 Å². The largest absolute Gasteiger partial charge is 0.573 e. The highest BCUT2D eigenvalue weighted by atomic mass is 19.4. The Morgan fingerprint density at radius 1 is 1.10 bits per heavy atom. The number of rotatable bonds is 2. The summed E-state index contributed by atoms with van der Waals surface area (Å²) in [5.74, 6) is -0.281. The van der Waals surface area contributed by atoms with Gasteiger partial charge in [-0.05, 0) is 55.2 Å². The van der Waals surface area contributed by atoms with Crippen LogP contribution in [-0.2, 0) is 5.60 Å². The Morgan fingerprint density at radius 3 is 2.48 bits per heavy atom. The summed E-state index contributed by atoms with van der Waals surface area (Å²) in [5, 5.41) is 10.8. The number of hydrogen-bond donors (Lipinski definition) is 1. The fourth-order valence-corrected chi connectivity index (χ4v) is 2.93. The Kier molecular flexibility index (Phi) is 4.24. The molecular weight excluding hydrogens is 281 g/mol. The predicted octanol–water partition coefficient (Wildman–Crippen LogP) is 4.76. The SMILES string of the molecule is CC1(C)CCCC(O)(c2cccc(OC(F)(F)F)c2)CC1. The van der Waals surface area contributed by atoms with Crippen molar-refractivity contribution in [1.29, 1.82) is 0 Å². The summed E-state index contributed by atoms with van der Waals surface area (Å²) in [6.45, 7) is 4.31. The average Bonchev–Trinajstić information content (AvgIpc) is 2.48. The highest BCUT2D eigenvalue weighted by Gasteiger charge is 2.36. The molecule has 1 atom stereocenters. The Labute approximate surface area is 122 Å². The van der Waals surface area contributed by atoms with Gasteiger partial charge < -0.3 is 9.84 Å². The van der Waals surface area contributed by atoms with Gasteiger partial charge in [-0.1, -0.05) is 26.0 Å². The quantitative estimate of drug-likeness (QED) is 0.798. The van der Waals surface area contributed by atoms with Gasteiger partial charge in [0.1, 0.15) is 5.75 Å². The normalized spacial score (nSPS) is 26.2.